The average Bonchev–Trinajstić information content (AvgIpc) is 2.45. The van der Waals surface area contributed by atoms with Crippen LogP contribution in [0.2, 0.25) is 10.0 Å². The van der Waals surface area contributed by atoms with Crippen LogP contribution in [-0.4, -0.2) is 18.0 Å². The van der Waals surface area contributed by atoms with Gasteiger partial charge in [0.05, 0.1) is 12.7 Å². The third kappa shape index (κ3) is 3.78. The molecule has 108 valence electrons. The number of carbonyl (C=O) groups excluding carboxylic acids is 1. The Hall–Kier alpha value is -1.97. The summed E-state index contributed by atoms with van der Waals surface area (Å²) in [4.78, 5) is 12.1. The number of phenolic OH excluding ortho intramolecular Hbond substituents is 1. The normalized spacial score (nSPS) is 10.8. The third-order valence-corrected chi connectivity index (χ3v) is 3.41. The highest BCUT2D eigenvalue weighted by Gasteiger charge is 2.09. The lowest BCUT2D eigenvalue weighted by molar-refractivity contribution is 0.104. The van der Waals surface area contributed by atoms with Crippen molar-refractivity contribution >= 4 is 35.1 Å². The van der Waals surface area contributed by atoms with Crippen LogP contribution >= 0.6 is 23.2 Å². The summed E-state index contributed by atoms with van der Waals surface area (Å²) in [6.07, 6.45) is 2.92. The first kappa shape index (κ1) is 15.4. The van der Waals surface area contributed by atoms with Crippen molar-refractivity contribution in [2.45, 2.75) is 0 Å². The second-order valence-corrected chi connectivity index (χ2v) is 5.09. The number of benzene rings is 2. The number of hydrogen-bond donors (Lipinski definition) is 1. The van der Waals surface area contributed by atoms with Crippen LogP contribution in [0.4, 0.5) is 0 Å². The molecule has 2 aromatic rings. The summed E-state index contributed by atoms with van der Waals surface area (Å²) in [5, 5.41) is 10.8. The van der Waals surface area contributed by atoms with Gasteiger partial charge < -0.3 is 9.84 Å². The molecular formula is C16H12Cl2O3. The van der Waals surface area contributed by atoms with Crippen molar-refractivity contribution in [1.29, 1.82) is 0 Å². The first-order valence-electron chi connectivity index (χ1n) is 6.05. The summed E-state index contributed by atoms with van der Waals surface area (Å²) < 4.78 is 4.97. The molecular weight excluding hydrogens is 311 g/mol. The molecule has 5 heteroatoms. The van der Waals surface area contributed by atoms with Crippen molar-refractivity contribution in [2.75, 3.05) is 7.11 Å². The molecule has 0 aliphatic carbocycles. The van der Waals surface area contributed by atoms with Gasteiger partial charge in [-0.25, -0.2) is 0 Å². The Balaban J connectivity index is 2.23. The van der Waals surface area contributed by atoms with Crippen LogP contribution in [0.5, 0.6) is 11.5 Å². The summed E-state index contributed by atoms with van der Waals surface area (Å²) in [6.45, 7) is 0. The van der Waals surface area contributed by atoms with Gasteiger partial charge in [0.2, 0.25) is 0 Å². The molecule has 0 unspecified atom stereocenters. The third-order valence-electron chi connectivity index (χ3n) is 2.85. The van der Waals surface area contributed by atoms with Crippen LogP contribution in [0.1, 0.15) is 15.9 Å². The molecule has 0 amide bonds. The number of phenols is 1. The number of halogens is 2. The predicted molar refractivity (Wildman–Crippen MR) is 84.5 cm³/mol. The molecule has 0 atom stereocenters. The average molecular weight is 323 g/mol. The smallest absolute Gasteiger partial charge is 0.189 e. The van der Waals surface area contributed by atoms with Crippen LogP contribution in [0.25, 0.3) is 6.08 Å². The summed E-state index contributed by atoms with van der Waals surface area (Å²) in [5.74, 6) is 0.0150. The molecule has 2 aromatic carbocycles. The van der Waals surface area contributed by atoms with Crippen molar-refractivity contribution in [2.24, 2.45) is 0 Å². The summed E-state index contributed by atoms with van der Waals surface area (Å²) >= 11 is 11.8. The van der Waals surface area contributed by atoms with E-state index in [0.717, 1.165) is 0 Å². The highest BCUT2D eigenvalue weighted by molar-refractivity contribution is 6.35. The Kier molecular flexibility index (Phi) is 4.89. The number of methoxy groups -OCH3 is 1. The van der Waals surface area contributed by atoms with Gasteiger partial charge in [-0.05, 0) is 42.0 Å². The molecule has 0 saturated heterocycles. The van der Waals surface area contributed by atoms with Gasteiger partial charge in [-0.15, -0.1) is 0 Å². The number of rotatable bonds is 4. The van der Waals surface area contributed by atoms with E-state index in [9.17, 15) is 9.90 Å². The Labute approximate surface area is 132 Å². The van der Waals surface area contributed by atoms with Crippen LogP contribution < -0.4 is 4.74 Å². The summed E-state index contributed by atoms with van der Waals surface area (Å²) in [7, 11) is 1.48. The predicted octanol–water partition coefficient (Wildman–Crippen LogP) is 4.60. The van der Waals surface area contributed by atoms with Gasteiger partial charge in [0.25, 0.3) is 0 Å². The van der Waals surface area contributed by atoms with Gasteiger partial charge in [-0.3, -0.25) is 4.79 Å². The van der Waals surface area contributed by atoms with Crippen LogP contribution in [0.3, 0.4) is 0 Å². The summed E-state index contributed by atoms with van der Waals surface area (Å²) in [5.41, 5.74) is 0.861. The van der Waals surface area contributed by atoms with Crippen LogP contribution in [-0.2, 0) is 0 Å². The lowest BCUT2D eigenvalue weighted by Gasteiger charge is -2.04. The lowest BCUT2D eigenvalue weighted by Crippen LogP contribution is -1.95. The van der Waals surface area contributed by atoms with E-state index in [1.807, 2.05) is 0 Å². The van der Waals surface area contributed by atoms with E-state index in [-0.39, 0.29) is 17.1 Å². The number of carbonyl (C=O) groups is 1. The van der Waals surface area contributed by atoms with Crippen molar-refractivity contribution in [3.8, 4) is 11.5 Å². The van der Waals surface area contributed by atoms with E-state index in [1.54, 1.807) is 30.3 Å². The molecule has 21 heavy (non-hydrogen) atoms. The zero-order chi connectivity index (χ0) is 15.4. The Morgan fingerprint density at radius 2 is 1.95 bits per heavy atom. The SMILES string of the molecule is COc1ccc(C(=O)/C=C/c2ccc(Cl)cc2Cl)c(O)c1. The first-order chi connectivity index (χ1) is 10.0. The Bertz CT molecular complexity index is 709. The fraction of sp³-hybridized carbons (Fsp3) is 0.0625. The highest BCUT2D eigenvalue weighted by Crippen LogP contribution is 2.25. The van der Waals surface area contributed by atoms with Gasteiger partial charge in [0.15, 0.2) is 5.78 Å². The van der Waals surface area contributed by atoms with Crippen molar-refractivity contribution in [3.63, 3.8) is 0 Å². The molecule has 2 rings (SSSR count). The van der Waals surface area contributed by atoms with Gasteiger partial charge in [-0.1, -0.05) is 29.3 Å². The number of aromatic hydroxyl groups is 1. The molecule has 0 fully saturated rings. The molecule has 0 radical (unpaired) electrons. The minimum Gasteiger partial charge on any atom is -0.507 e. The van der Waals surface area contributed by atoms with Crippen LogP contribution in [0.15, 0.2) is 42.5 Å². The van der Waals surface area contributed by atoms with E-state index in [2.05, 4.69) is 0 Å². The van der Waals surface area contributed by atoms with E-state index >= 15 is 0 Å². The number of ether oxygens (including phenoxy) is 1. The second-order valence-electron chi connectivity index (χ2n) is 4.25. The maximum Gasteiger partial charge on any atom is 0.189 e. The molecule has 0 aliphatic rings. The molecule has 0 spiro atoms. The molecule has 0 bridgehead atoms. The molecule has 0 aromatic heterocycles. The highest BCUT2D eigenvalue weighted by atomic mass is 35.5. The maximum absolute atomic E-state index is 12.1. The minimum atomic E-state index is -0.332. The first-order valence-corrected chi connectivity index (χ1v) is 6.81. The molecule has 0 heterocycles. The van der Waals surface area contributed by atoms with E-state index in [0.29, 0.717) is 21.4 Å². The lowest BCUT2D eigenvalue weighted by atomic mass is 10.1. The van der Waals surface area contributed by atoms with Crippen molar-refractivity contribution < 1.29 is 14.6 Å². The Morgan fingerprint density at radius 1 is 1.19 bits per heavy atom. The monoisotopic (exact) mass is 322 g/mol. The van der Waals surface area contributed by atoms with E-state index < -0.39 is 0 Å². The van der Waals surface area contributed by atoms with Crippen molar-refractivity contribution in [1.82, 2.24) is 0 Å². The van der Waals surface area contributed by atoms with E-state index in [1.165, 1.54) is 25.3 Å². The second kappa shape index (κ2) is 6.66. The number of hydrogen-bond acceptors (Lipinski definition) is 3. The van der Waals surface area contributed by atoms with Gasteiger partial charge in [0.1, 0.15) is 11.5 Å². The maximum atomic E-state index is 12.1. The van der Waals surface area contributed by atoms with Gasteiger partial charge >= 0.3 is 0 Å². The molecule has 0 aliphatic heterocycles. The fourth-order valence-corrected chi connectivity index (χ4v) is 2.21. The quantitative estimate of drug-likeness (QED) is 0.660. The molecule has 0 saturated carbocycles. The van der Waals surface area contributed by atoms with Crippen LogP contribution in [0, 0.1) is 0 Å². The number of ketones is 1. The van der Waals surface area contributed by atoms with Gasteiger partial charge in [0, 0.05) is 16.1 Å². The Morgan fingerprint density at radius 3 is 2.57 bits per heavy atom. The zero-order valence-corrected chi connectivity index (χ0v) is 12.7. The largest absolute Gasteiger partial charge is 0.507 e. The standard InChI is InChI=1S/C16H12Cl2O3/c1-21-12-5-6-13(16(20)9-12)15(19)7-3-10-2-4-11(17)8-14(10)18/h2-9,20H,1H3/b7-3+. The molecule has 3 nitrogen and oxygen atoms in total. The fourth-order valence-electron chi connectivity index (χ4n) is 1.74. The van der Waals surface area contributed by atoms with E-state index in [4.69, 9.17) is 27.9 Å². The molecule has 1 N–H and O–H groups in total. The van der Waals surface area contributed by atoms with Crippen molar-refractivity contribution in [3.05, 3.63) is 63.6 Å². The topological polar surface area (TPSA) is 46.5 Å². The number of allylic oxidation sites excluding steroid dienone is 1. The zero-order valence-electron chi connectivity index (χ0n) is 11.1. The minimum absolute atomic E-state index is 0.133. The summed E-state index contributed by atoms with van der Waals surface area (Å²) in [6, 6.07) is 9.49. The van der Waals surface area contributed by atoms with Gasteiger partial charge in [-0.2, -0.15) is 0 Å².